The van der Waals surface area contributed by atoms with E-state index < -0.39 is 0 Å². The summed E-state index contributed by atoms with van der Waals surface area (Å²) in [5, 5.41) is 0. The van der Waals surface area contributed by atoms with Gasteiger partial charge in [-0.15, -0.1) is 0 Å². The Hall–Kier alpha value is -1.09. The lowest BCUT2D eigenvalue weighted by molar-refractivity contribution is -0.127. The summed E-state index contributed by atoms with van der Waals surface area (Å²) in [7, 11) is 4.03. The first-order valence-electron chi connectivity index (χ1n) is 5.90. The third kappa shape index (κ3) is 3.81. The van der Waals surface area contributed by atoms with Crippen LogP contribution in [-0.2, 0) is 4.79 Å². The normalized spacial score (nSPS) is 19.7. The Labute approximate surface area is 98.4 Å². The summed E-state index contributed by atoms with van der Waals surface area (Å²) in [5.41, 5.74) is 0. The quantitative estimate of drug-likeness (QED) is 0.536. The van der Waals surface area contributed by atoms with E-state index in [1.54, 1.807) is 12.2 Å². The number of likely N-dealkylation sites (N-methyl/N-ethyl adjacent to an activating group) is 1. The third-order valence-corrected chi connectivity index (χ3v) is 3.13. The molecule has 0 spiro atoms. The van der Waals surface area contributed by atoms with E-state index >= 15 is 0 Å². The first kappa shape index (κ1) is 13.0. The predicted molar refractivity (Wildman–Crippen MR) is 67.2 cm³/mol. The van der Waals surface area contributed by atoms with Crippen molar-refractivity contribution in [2.45, 2.75) is 25.8 Å². The smallest absolute Gasteiger partial charge is 0.246 e. The Morgan fingerprint density at radius 3 is 2.50 bits per heavy atom. The van der Waals surface area contributed by atoms with Gasteiger partial charge in [0.1, 0.15) is 0 Å². The number of allylic oxidation sites excluding steroid dienone is 3. The van der Waals surface area contributed by atoms with E-state index in [4.69, 9.17) is 0 Å². The molecule has 0 radical (unpaired) electrons. The summed E-state index contributed by atoms with van der Waals surface area (Å²) in [5.74, 6) is 0.104. The Bertz CT molecular complexity index is 276. The van der Waals surface area contributed by atoms with Crippen LogP contribution in [0.4, 0.5) is 0 Å². The fourth-order valence-electron chi connectivity index (χ4n) is 1.93. The van der Waals surface area contributed by atoms with Gasteiger partial charge in [0.15, 0.2) is 0 Å². The molecule has 0 aromatic rings. The number of piperidine rings is 1. The largest absolute Gasteiger partial charge is 0.339 e. The zero-order valence-corrected chi connectivity index (χ0v) is 10.5. The van der Waals surface area contributed by atoms with Gasteiger partial charge in [-0.05, 0) is 39.9 Å². The molecule has 0 unspecified atom stereocenters. The van der Waals surface area contributed by atoms with E-state index in [-0.39, 0.29) is 5.91 Å². The van der Waals surface area contributed by atoms with Crippen LogP contribution in [0.1, 0.15) is 19.8 Å². The summed E-state index contributed by atoms with van der Waals surface area (Å²) < 4.78 is 0. The lowest BCUT2D eigenvalue weighted by Gasteiger charge is -2.34. The minimum atomic E-state index is 0.104. The highest BCUT2D eigenvalue weighted by molar-refractivity contribution is 5.87. The van der Waals surface area contributed by atoms with E-state index in [0.29, 0.717) is 6.04 Å². The minimum Gasteiger partial charge on any atom is -0.339 e. The Morgan fingerprint density at radius 1 is 1.31 bits per heavy atom. The van der Waals surface area contributed by atoms with Crippen LogP contribution in [0.15, 0.2) is 24.3 Å². The van der Waals surface area contributed by atoms with Gasteiger partial charge in [-0.25, -0.2) is 0 Å². The van der Waals surface area contributed by atoms with Crippen molar-refractivity contribution in [2.75, 3.05) is 27.2 Å². The van der Waals surface area contributed by atoms with Crippen LogP contribution < -0.4 is 0 Å². The maximum Gasteiger partial charge on any atom is 0.246 e. The first-order valence-corrected chi connectivity index (χ1v) is 5.90. The SMILES string of the molecule is C/C=C/C=C/C(=O)N(C)C1CCN(C)CC1. The maximum absolute atomic E-state index is 11.8. The van der Waals surface area contributed by atoms with Crippen molar-refractivity contribution in [1.29, 1.82) is 0 Å². The van der Waals surface area contributed by atoms with Crippen LogP contribution in [0.2, 0.25) is 0 Å². The van der Waals surface area contributed by atoms with Crippen molar-refractivity contribution < 1.29 is 4.79 Å². The predicted octanol–water partition coefficient (Wildman–Crippen LogP) is 1.67. The number of likely N-dealkylation sites (tertiary alicyclic amines) is 1. The molecule has 0 aliphatic carbocycles. The summed E-state index contributed by atoms with van der Waals surface area (Å²) in [4.78, 5) is 16.0. The van der Waals surface area contributed by atoms with E-state index in [0.717, 1.165) is 25.9 Å². The molecule has 0 saturated carbocycles. The molecule has 16 heavy (non-hydrogen) atoms. The maximum atomic E-state index is 11.8. The van der Waals surface area contributed by atoms with Gasteiger partial charge in [0.25, 0.3) is 0 Å². The Morgan fingerprint density at radius 2 is 1.94 bits per heavy atom. The van der Waals surface area contributed by atoms with Gasteiger partial charge in [0.05, 0.1) is 0 Å². The second-order valence-corrected chi connectivity index (χ2v) is 4.37. The highest BCUT2D eigenvalue weighted by Gasteiger charge is 2.22. The second-order valence-electron chi connectivity index (χ2n) is 4.37. The molecule has 0 aromatic carbocycles. The summed E-state index contributed by atoms with van der Waals surface area (Å²) in [6.45, 7) is 4.11. The molecule has 1 aliphatic rings. The highest BCUT2D eigenvalue weighted by Crippen LogP contribution is 2.14. The molecule has 1 aliphatic heterocycles. The van der Waals surface area contributed by atoms with E-state index in [9.17, 15) is 4.79 Å². The van der Waals surface area contributed by atoms with Gasteiger partial charge < -0.3 is 9.80 Å². The molecule has 0 N–H and O–H groups in total. The molecular formula is C13H22N2O. The third-order valence-electron chi connectivity index (χ3n) is 3.13. The van der Waals surface area contributed by atoms with Gasteiger partial charge in [0, 0.05) is 19.2 Å². The molecule has 1 amide bonds. The van der Waals surface area contributed by atoms with E-state index in [2.05, 4.69) is 11.9 Å². The molecule has 0 atom stereocenters. The molecule has 1 heterocycles. The van der Waals surface area contributed by atoms with Crippen molar-refractivity contribution >= 4 is 5.91 Å². The van der Waals surface area contributed by atoms with Gasteiger partial charge in [-0.1, -0.05) is 18.2 Å². The lowest BCUT2D eigenvalue weighted by Crippen LogP contribution is -2.43. The number of amides is 1. The average molecular weight is 222 g/mol. The Kier molecular flexibility index (Phi) is 5.26. The molecule has 0 bridgehead atoms. The van der Waals surface area contributed by atoms with E-state index in [1.807, 2.05) is 31.0 Å². The van der Waals surface area contributed by atoms with Gasteiger partial charge in [-0.2, -0.15) is 0 Å². The second kappa shape index (κ2) is 6.48. The zero-order chi connectivity index (χ0) is 12.0. The summed E-state index contributed by atoms with van der Waals surface area (Å²) in [6.07, 6.45) is 9.39. The van der Waals surface area contributed by atoms with Crippen LogP contribution in [0, 0.1) is 0 Å². The number of carbonyl (C=O) groups excluding carboxylic acids is 1. The fraction of sp³-hybridized carbons (Fsp3) is 0.615. The molecule has 3 heteroatoms. The topological polar surface area (TPSA) is 23.6 Å². The van der Waals surface area contributed by atoms with Crippen LogP contribution in [0.25, 0.3) is 0 Å². The summed E-state index contributed by atoms with van der Waals surface area (Å²) >= 11 is 0. The van der Waals surface area contributed by atoms with E-state index in [1.165, 1.54) is 0 Å². The highest BCUT2D eigenvalue weighted by atomic mass is 16.2. The van der Waals surface area contributed by atoms with Crippen LogP contribution >= 0.6 is 0 Å². The molecule has 1 fully saturated rings. The van der Waals surface area contributed by atoms with Crippen LogP contribution in [-0.4, -0.2) is 48.9 Å². The first-order chi connectivity index (χ1) is 7.65. The molecule has 90 valence electrons. The molecule has 1 rings (SSSR count). The molecule has 3 nitrogen and oxygen atoms in total. The van der Waals surface area contributed by atoms with Gasteiger partial charge in [-0.3, -0.25) is 4.79 Å². The van der Waals surface area contributed by atoms with Crippen molar-refractivity contribution in [1.82, 2.24) is 9.80 Å². The monoisotopic (exact) mass is 222 g/mol. The van der Waals surface area contributed by atoms with Gasteiger partial charge in [0.2, 0.25) is 5.91 Å². The number of rotatable bonds is 3. The van der Waals surface area contributed by atoms with Crippen molar-refractivity contribution in [2.24, 2.45) is 0 Å². The van der Waals surface area contributed by atoms with Crippen molar-refractivity contribution in [3.63, 3.8) is 0 Å². The fourth-order valence-corrected chi connectivity index (χ4v) is 1.93. The minimum absolute atomic E-state index is 0.104. The number of hydrogen-bond donors (Lipinski definition) is 0. The number of carbonyl (C=O) groups is 1. The van der Waals surface area contributed by atoms with Crippen LogP contribution in [0.3, 0.4) is 0 Å². The molecule has 1 saturated heterocycles. The van der Waals surface area contributed by atoms with Crippen molar-refractivity contribution in [3.8, 4) is 0 Å². The van der Waals surface area contributed by atoms with Crippen molar-refractivity contribution in [3.05, 3.63) is 24.3 Å². The Balaban J connectivity index is 2.44. The summed E-state index contributed by atoms with van der Waals surface area (Å²) in [6, 6.07) is 0.402. The van der Waals surface area contributed by atoms with Gasteiger partial charge >= 0.3 is 0 Å². The molecule has 0 aromatic heterocycles. The van der Waals surface area contributed by atoms with Crippen LogP contribution in [0.5, 0.6) is 0 Å². The average Bonchev–Trinajstić information content (AvgIpc) is 2.29. The lowest BCUT2D eigenvalue weighted by atomic mass is 10.0. The zero-order valence-electron chi connectivity index (χ0n) is 10.5. The number of nitrogens with zero attached hydrogens (tertiary/aromatic N) is 2. The standard InChI is InChI=1S/C13H22N2O/c1-4-5-6-7-13(16)15(3)12-8-10-14(2)11-9-12/h4-7,12H,8-11H2,1-3H3/b5-4+,7-6+. The molecular weight excluding hydrogens is 200 g/mol. The number of hydrogen-bond acceptors (Lipinski definition) is 2.